The highest BCUT2D eigenvalue weighted by atomic mass is 31.3. The van der Waals surface area contributed by atoms with Gasteiger partial charge in [-0.1, -0.05) is 0 Å². The minimum absolute atomic E-state index is 0.0602. The maximum Gasteiger partial charge on any atom is 0.481 e. The van der Waals surface area contributed by atoms with Crippen molar-refractivity contribution in [1.29, 1.82) is 0 Å². The third kappa shape index (κ3) is 5.89. The number of carboxylic acid groups (broad SMARTS) is 1. The van der Waals surface area contributed by atoms with Crippen LogP contribution in [0.4, 0.5) is 5.82 Å². The first-order valence-corrected chi connectivity index (χ1v) is 11.9. The third-order valence-corrected chi connectivity index (χ3v) is 6.94. The summed E-state index contributed by atoms with van der Waals surface area (Å²) in [5, 5.41) is 29.2. The zero-order chi connectivity index (χ0) is 24.6. The van der Waals surface area contributed by atoms with Crippen molar-refractivity contribution in [3.8, 4) is 0 Å². The van der Waals surface area contributed by atoms with E-state index in [1.54, 1.807) is 0 Å². The molecule has 3 rings (SSSR count). The van der Waals surface area contributed by atoms with Gasteiger partial charge in [-0.05, 0) is 0 Å². The number of aliphatic hydroxyl groups is 2. The predicted octanol–water partition coefficient (Wildman–Crippen LogP) is -2.31. The maximum atomic E-state index is 12.0. The van der Waals surface area contributed by atoms with Crippen molar-refractivity contribution in [3.63, 3.8) is 0 Å². The molecule has 0 radical (unpaired) electrons. The van der Waals surface area contributed by atoms with E-state index in [1.165, 1.54) is 10.9 Å². The molecule has 0 aromatic carbocycles. The number of aliphatic hydroxyl groups excluding tert-OH is 2. The number of hydrogen-bond donors (Lipinski definition) is 7. The molecular weight excluding hydrogens is 494 g/mol. The van der Waals surface area contributed by atoms with Crippen LogP contribution in [0.15, 0.2) is 12.7 Å². The molecule has 0 amide bonds. The number of anilines is 1. The number of nitrogens with two attached hydrogens (primary N) is 2. The second-order valence-corrected chi connectivity index (χ2v) is 9.73. The number of ether oxygens (including phenoxy) is 1. The molecule has 2 aromatic heterocycles. The molecule has 1 saturated heterocycles. The average Bonchev–Trinajstić information content (AvgIpc) is 3.26. The summed E-state index contributed by atoms with van der Waals surface area (Å²) >= 11 is 0. The summed E-state index contributed by atoms with van der Waals surface area (Å²) < 4.78 is 43.2. The highest BCUT2D eigenvalue weighted by molar-refractivity contribution is 7.61. The summed E-state index contributed by atoms with van der Waals surface area (Å²) in [5.74, 6) is -1.50. The fourth-order valence-electron chi connectivity index (χ4n) is 2.74. The van der Waals surface area contributed by atoms with Gasteiger partial charge < -0.3 is 41.3 Å². The molecule has 0 bridgehead atoms. The van der Waals surface area contributed by atoms with Gasteiger partial charge in [0, 0.05) is 0 Å². The Kier molecular flexibility index (Phi) is 7.47. The number of nitrogens with zero attached hydrogens (tertiary/aromatic N) is 4. The van der Waals surface area contributed by atoms with E-state index < -0.39 is 65.4 Å². The molecule has 1 aliphatic heterocycles. The van der Waals surface area contributed by atoms with Gasteiger partial charge in [0.2, 0.25) is 0 Å². The average molecular weight is 514 g/mol. The first kappa shape index (κ1) is 25.5. The van der Waals surface area contributed by atoms with Gasteiger partial charge in [-0.25, -0.2) is 24.1 Å². The lowest BCUT2D eigenvalue weighted by Crippen LogP contribution is -2.34. The van der Waals surface area contributed by atoms with Crippen LogP contribution < -0.4 is 11.5 Å². The van der Waals surface area contributed by atoms with Crippen LogP contribution in [0.2, 0.25) is 0 Å². The molecule has 18 nitrogen and oxygen atoms in total. The molecule has 184 valence electrons. The Labute approximate surface area is 183 Å². The Morgan fingerprint density at radius 3 is 2.52 bits per heavy atom. The fourth-order valence-corrected chi connectivity index (χ4v) is 4.85. The number of imidazole rings is 1. The Morgan fingerprint density at radius 2 is 1.85 bits per heavy atom. The summed E-state index contributed by atoms with van der Waals surface area (Å²) in [7, 11) is -10.5. The number of phosphoric acid groups is 2. The van der Waals surface area contributed by atoms with E-state index in [2.05, 4.69) is 28.3 Å². The number of hydrogen-bond acceptors (Lipinski definition) is 14. The number of aromatic nitrogens is 4. The summed E-state index contributed by atoms with van der Waals surface area (Å²) in [5.41, 5.74) is 11.2. The van der Waals surface area contributed by atoms with E-state index in [0.29, 0.717) is 0 Å². The smallest absolute Gasteiger partial charge is 0.480 e. The van der Waals surface area contributed by atoms with Gasteiger partial charge in [0.25, 0.3) is 0 Å². The molecular formula is C13H20N6O12P2. The van der Waals surface area contributed by atoms with E-state index in [1.807, 2.05) is 0 Å². The largest absolute Gasteiger partial charge is 0.481 e. The zero-order valence-corrected chi connectivity index (χ0v) is 18.2. The molecule has 0 aliphatic carbocycles. The summed E-state index contributed by atoms with van der Waals surface area (Å²) in [6.45, 7) is -1.88. The molecule has 3 unspecified atom stereocenters. The van der Waals surface area contributed by atoms with E-state index in [-0.39, 0.29) is 17.0 Å². The van der Waals surface area contributed by atoms with Crippen molar-refractivity contribution in [2.75, 3.05) is 18.9 Å². The van der Waals surface area contributed by atoms with Gasteiger partial charge in [0.15, 0.2) is 17.7 Å². The molecule has 9 N–H and O–H groups in total. The molecule has 0 saturated carbocycles. The van der Waals surface area contributed by atoms with E-state index >= 15 is 0 Å². The Bertz CT molecular complexity index is 1110. The van der Waals surface area contributed by atoms with Crippen LogP contribution in [0.5, 0.6) is 0 Å². The van der Waals surface area contributed by atoms with Crippen LogP contribution in [-0.2, 0) is 32.0 Å². The van der Waals surface area contributed by atoms with Crippen molar-refractivity contribution in [2.24, 2.45) is 5.73 Å². The molecule has 7 atom stereocenters. The lowest BCUT2D eigenvalue weighted by atomic mass is 10.1. The van der Waals surface area contributed by atoms with Crippen LogP contribution in [0.3, 0.4) is 0 Å². The second-order valence-electron chi connectivity index (χ2n) is 6.68. The van der Waals surface area contributed by atoms with Crippen LogP contribution >= 0.6 is 15.6 Å². The SMILES string of the molecule is Nc1ncnc2c1ncn2[C@@H]1O[C@H](COP(=O)(O)OP(=O)(O)OCC(N)C(=O)O)[C@@H](O)[C@H]1O. The van der Waals surface area contributed by atoms with Crippen molar-refractivity contribution in [1.82, 2.24) is 19.5 Å². The van der Waals surface area contributed by atoms with Crippen LogP contribution in [0, 0.1) is 0 Å². The van der Waals surface area contributed by atoms with Crippen LogP contribution in [-0.4, -0.2) is 88.2 Å². The van der Waals surface area contributed by atoms with E-state index in [0.717, 1.165) is 6.33 Å². The number of rotatable bonds is 10. The first-order chi connectivity index (χ1) is 15.3. The highest BCUT2D eigenvalue weighted by Gasteiger charge is 2.46. The number of carbonyl (C=O) groups is 1. The highest BCUT2D eigenvalue weighted by Crippen LogP contribution is 2.60. The molecule has 1 aliphatic rings. The van der Waals surface area contributed by atoms with Gasteiger partial charge in [-0.2, -0.15) is 4.31 Å². The van der Waals surface area contributed by atoms with Crippen molar-refractivity contribution in [3.05, 3.63) is 12.7 Å². The fraction of sp³-hybridized carbons (Fsp3) is 0.538. The van der Waals surface area contributed by atoms with Crippen LogP contribution in [0.1, 0.15) is 6.23 Å². The van der Waals surface area contributed by atoms with Crippen molar-refractivity contribution < 1.29 is 57.1 Å². The quantitative estimate of drug-likeness (QED) is 0.164. The Balaban J connectivity index is 1.62. The Morgan fingerprint density at radius 1 is 1.18 bits per heavy atom. The van der Waals surface area contributed by atoms with Crippen molar-refractivity contribution >= 4 is 38.6 Å². The third-order valence-electron chi connectivity index (χ3n) is 4.34. The Hall–Kier alpha value is -2.08. The number of fused-ring (bicyclic) bond motifs is 1. The van der Waals surface area contributed by atoms with Gasteiger partial charge in [0.05, 0.1) is 19.5 Å². The van der Waals surface area contributed by atoms with Crippen LogP contribution in [0.25, 0.3) is 11.2 Å². The second kappa shape index (κ2) is 9.65. The maximum absolute atomic E-state index is 12.0. The normalized spacial score (nSPS) is 27.8. The zero-order valence-electron chi connectivity index (χ0n) is 16.4. The number of aliphatic carboxylic acids is 1. The molecule has 20 heteroatoms. The van der Waals surface area contributed by atoms with Gasteiger partial charge >= 0.3 is 21.6 Å². The molecule has 33 heavy (non-hydrogen) atoms. The summed E-state index contributed by atoms with van der Waals surface area (Å²) in [6.07, 6.45) is -3.47. The number of nitrogen functional groups attached to an aromatic ring is 1. The number of carboxylic acids is 1. The standard InChI is InChI=1S/C13H20N6O12P2/c14-5(13(22)23)1-28-32(24,25)31-33(26,27)29-2-6-8(20)9(21)12(30-6)19-4-18-7-10(15)16-3-17-11(7)19/h3-6,8-9,12,20-21H,1-2,14H2,(H,22,23)(H,24,25)(H,26,27)(H2,15,16,17)/t5?,6-,8-,9-,12-/m1/s1. The monoisotopic (exact) mass is 514 g/mol. The van der Waals surface area contributed by atoms with Gasteiger partial charge in [-0.3, -0.25) is 18.4 Å². The summed E-state index contributed by atoms with van der Waals surface area (Å²) in [6, 6.07) is -1.70. The lowest BCUT2D eigenvalue weighted by Gasteiger charge is -2.19. The molecule has 0 spiro atoms. The summed E-state index contributed by atoms with van der Waals surface area (Å²) in [4.78, 5) is 41.5. The van der Waals surface area contributed by atoms with Gasteiger partial charge in [0.1, 0.15) is 36.2 Å². The molecule has 2 aromatic rings. The van der Waals surface area contributed by atoms with Crippen molar-refractivity contribution in [2.45, 2.75) is 30.6 Å². The van der Waals surface area contributed by atoms with E-state index in [4.69, 9.17) is 21.3 Å². The number of phosphoric ester groups is 2. The minimum Gasteiger partial charge on any atom is -0.480 e. The molecule has 1 fully saturated rings. The van der Waals surface area contributed by atoms with E-state index in [9.17, 15) is 33.9 Å². The molecule has 3 heterocycles. The predicted molar refractivity (Wildman–Crippen MR) is 104 cm³/mol. The minimum atomic E-state index is -5.28. The lowest BCUT2D eigenvalue weighted by molar-refractivity contribution is -0.139. The van der Waals surface area contributed by atoms with Gasteiger partial charge in [-0.15, -0.1) is 0 Å². The topological polar surface area (TPSA) is 285 Å². The first-order valence-electron chi connectivity index (χ1n) is 8.90.